The highest BCUT2D eigenvalue weighted by Crippen LogP contribution is 2.50. The van der Waals surface area contributed by atoms with Gasteiger partial charge in [0.2, 0.25) is 0 Å². The van der Waals surface area contributed by atoms with E-state index in [0.29, 0.717) is 0 Å². The minimum atomic E-state index is 0.834. The highest BCUT2D eigenvalue weighted by Gasteiger charge is 2.26. The van der Waals surface area contributed by atoms with E-state index >= 15 is 0 Å². The van der Waals surface area contributed by atoms with E-state index in [2.05, 4.69) is 222 Å². The maximum absolute atomic E-state index is 7.01. The minimum Gasteiger partial charge on any atom is -0.455 e. The summed E-state index contributed by atoms with van der Waals surface area (Å²) in [4.78, 5) is 2.40. The fraction of sp³-hybridized carbons (Fsp3) is 0. The van der Waals surface area contributed by atoms with E-state index in [1.807, 2.05) is 18.2 Å². The fourth-order valence-corrected chi connectivity index (χ4v) is 9.94. The smallest absolute Gasteiger partial charge is 0.145 e. The molecule has 13 aromatic rings. The molecule has 13 rings (SSSR count). The average Bonchev–Trinajstić information content (AvgIpc) is 4.05. The maximum Gasteiger partial charge on any atom is 0.145 e. The summed E-state index contributed by atoms with van der Waals surface area (Å²) in [7, 11) is 0. The van der Waals surface area contributed by atoms with Gasteiger partial charge < -0.3 is 18.3 Å². The molecule has 0 bridgehead atoms. The number of rotatable bonds is 7. The average molecular weight is 819 g/mol. The standard InChI is InChI=1S/C60H38N2O2/c1-2-16-39(17-3-1)40-32-34-42(35-33-40)61(54-29-11-6-22-46(54)49-25-15-26-50-47-23-7-12-30-56(47)63-59(49)50)55-37-36-51-48-24-8-13-31-57(48)64-60(51)58(55)41-18-14-19-43(38-41)62-52-27-9-4-20-44(52)45-21-5-10-28-53(45)62/h1-38H. The Morgan fingerprint density at radius 2 is 0.859 bits per heavy atom. The van der Waals surface area contributed by atoms with Gasteiger partial charge in [-0.1, -0.05) is 164 Å². The quantitative estimate of drug-likeness (QED) is 0.161. The molecule has 4 nitrogen and oxygen atoms in total. The van der Waals surface area contributed by atoms with Crippen LogP contribution in [-0.4, -0.2) is 4.57 Å². The number of benzene rings is 10. The predicted molar refractivity (Wildman–Crippen MR) is 266 cm³/mol. The van der Waals surface area contributed by atoms with E-state index in [1.54, 1.807) is 0 Å². The lowest BCUT2D eigenvalue weighted by Gasteiger charge is -2.30. The number of hydrogen-bond donors (Lipinski definition) is 0. The third-order valence-corrected chi connectivity index (χ3v) is 12.8. The molecule has 0 fully saturated rings. The predicted octanol–water partition coefficient (Wildman–Crippen LogP) is 17.1. The first-order valence-electron chi connectivity index (χ1n) is 21.8. The van der Waals surface area contributed by atoms with Crippen LogP contribution in [0.4, 0.5) is 17.1 Å². The second-order valence-electron chi connectivity index (χ2n) is 16.4. The lowest BCUT2D eigenvalue weighted by Crippen LogP contribution is -2.12. The SMILES string of the molecule is c1ccc(-c2ccc(N(c3ccccc3-c3cccc4c3oc3ccccc34)c3ccc4c(oc5ccccc54)c3-c3cccc(-n4c5ccccc5c5ccccc54)c3)cc2)cc1. The summed E-state index contributed by atoms with van der Waals surface area (Å²) >= 11 is 0. The van der Waals surface area contributed by atoms with E-state index in [-0.39, 0.29) is 0 Å². The molecule has 0 amide bonds. The van der Waals surface area contributed by atoms with Crippen LogP contribution in [0.2, 0.25) is 0 Å². The molecule has 0 aliphatic carbocycles. The molecular weight excluding hydrogens is 781 g/mol. The normalized spacial score (nSPS) is 11.8. The number of nitrogens with zero attached hydrogens (tertiary/aromatic N) is 2. The zero-order valence-electron chi connectivity index (χ0n) is 34.7. The van der Waals surface area contributed by atoms with Gasteiger partial charge in [-0.05, 0) is 83.4 Å². The molecule has 4 heteroatoms. The summed E-state index contributed by atoms with van der Waals surface area (Å²) in [5, 5.41) is 6.80. The van der Waals surface area contributed by atoms with Gasteiger partial charge in [-0.25, -0.2) is 0 Å². The van der Waals surface area contributed by atoms with Crippen molar-refractivity contribution in [2.24, 2.45) is 0 Å². The van der Waals surface area contributed by atoms with Crippen LogP contribution >= 0.6 is 0 Å². The van der Waals surface area contributed by atoms with Gasteiger partial charge in [-0.2, -0.15) is 0 Å². The van der Waals surface area contributed by atoms with Gasteiger partial charge in [0.1, 0.15) is 22.3 Å². The summed E-state index contributed by atoms with van der Waals surface area (Å²) < 4.78 is 16.1. The van der Waals surface area contributed by atoms with Gasteiger partial charge in [-0.3, -0.25) is 0 Å². The molecule has 0 saturated heterocycles. The Labute approximate surface area is 369 Å². The number of hydrogen-bond acceptors (Lipinski definition) is 3. The Kier molecular flexibility index (Phi) is 8.18. The van der Waals surface area contributed by atoms with Crippen molar-refractivity contribution in [2.75, 3.05) is 4.90 Å². The molecule has 0 N–H and O–H groups in total. The minimum absolute atomic E-state index is 0.834. The summed E-state index contributed by atoms with van der Waals surface area (Å²) in [5.74, 6) is 0. The van der Waals surface area contributed by atoms with Crippen molar-refractivity contribution in [1.82, 2.24) is 4.57 Å². The number of fused-ring (bicyclic) bond motifs is 9. The van der Waals surface area contributed by atoms with Crippen molar-refractivity contribution in [3.8, 4) is 39.1 Å². The van der Waals surface area contributed by atoms with Crippen molar-refractivity contribution < 1.29 is 8.83 Å². The van der Waals surface area contributed by atoms with Gasteiger partial charge in [0, 0.05) is 60.4 Å². The summed E-state index contributed by atoms with van der Waals surface area (Å²) in [6, 6.07) is 82.1. The molecule has 0 aliphatic heterocycles. The lowest BCUT2D eigenvalue weighted by atomic mass is 9.95. The molecule has 0 radical (unpaired) electrons. The fourth-order valence-electron chi connectivity index (χ4n) is 9.94. The third-order valence-electron chi connectivity index (χ3n) is 12.8. The van der Waals surface area contributed by atoms with E-state index in [4.69, 9.17) is 8.83 Å². The van der Waals surface area contributed by atoms with E-state index < -0.39 is 0 Å². The van der Waals surface area contributed by atoms with Crippen LogP contribution < -0.4 is 4.90 Å². The number of anilines is 3. The van der Waals surface area contributed by atoms with Crippen molar-refractivity contribution in [3.63, 3.8) is 0 Å². The van der Waals surface area contributed by atoms with Crippen LogP contribution in [-0.2, 0) is 0 Å². The molecule has 3 heterocycles. The van der Waals surface area contributed by atoms with Crippen molar-refractivity contribution in [3.05, 3.63) is 231 Å². The van der Waals surface area contributed by atoms with Gasteiger partial charge in [0.15, 0.2) is 0 Å². The van der Waals surface area contributed by atoms with E-state index in [1.165, 1.54) is 16.3 Å². The monoisotopic (exact) mass is 818 g/mol. The molecule has 0 spiro atoms. The highest BCUT2D eigenvalue weighted by atomic mass is 16.3. The number of para-hydroxylation sites is 6. The van der Waals surface area contributed by atoms with Gasteiger partial charge in [0.25, 0.3) is 0 Å². The number of aromatic nitrogens is 1. The topological polar surface area (TPSA) is 34.5 Å². The van der Waals surface area contributed by atoms with Crippen LogP contribution in [0.25, 0.3) is 105 Å². The molecule has 0 atom stereocenters. The van der Waals surface area contributed by atoms with Crippen LogP contribution in [0.3, 0.4) is 0 Å². The molecule has 0 unspecified atom stereocenters. The van der Waals surface area contributed by atoms with Crippen molar-refractivity contribution in [1.29, 1.82) is 0 Å². The molecule has 300 valence electrons. The summed E-state index contributed by atoms with van der Waals surface area (Å²) in [5.41, 5.74) is 16.3. The Bertz CT molecular complexity index is 3860. The first-order chi connectivity index (χ1) is 31.8. The zero-order chi connectivity index (χ0) is 42.1. The van der Waals surface area contributed by atoms with Crippen LogP contribution in [0, 0.1) is 0 Å². The highest BCUT2D eigenvalue weighted by molar-refractivity contribution is 6.15. The molecule has 0 saturated carbocycles. The molecule has 10 aromatic carbocycles. The van der Waals surface area contributed by atoms with Crippen molar-refractivity contribution in [2.45, 2.75) is 0 Å². The molecular formula is C60H38N2O2. The Morgan fingerprint density at radius 1 is 0.328 bits per heavy atom. The second kappa shape index (κ2) is 14.5. The lowest BCUT2D eigenvalue weighted by molar-refractivity contribution is 0.669. The van der Waals surface area contributed by atoms with Gasteiger partial charge >= 0.3 is 0 Å². The summed E-state index contributed by atoms with van der Waals surface area (Å²) in [6.45, 7) is 0. The molecule has 64 heavy (non-hydrogen) atoms. The van der Waals surface area contributed by atoms with Gasteiger partial charge in [0.05, 0.1) is 22.4 Å². The maximum atomic E-state index is 7.01. The second-order valence-corrected chi connectivity index (χ2v) is 16.4. The third kappa shape index (κ3) is 5.63. The van der Waals surface area contributed by atoms with Crippen molar-refractivity contribution >= 4 is 82.7 Å². The largest absolute Gasteiger partial charge is 0.455 e. The first kappa shape index (κ1) is 36.1. The summed E-state index contributed by atoms with van der Waals surface area (Å²) in [6.07, 6.45) is 0. The van der Waals surface area contributed by atoms with Crippen LogP contribution in [0.5, 0.6) is 0 Å². The van der Waals surface area contributed by atoms with Gasteiger partial charge in [-0.15, -0.1) is 0 Å². The Balaban J connectivity index is 1.10. The van der Waals surface area contributed by atoms with Crippen LogP contribution in [0.1, 0.15) is 0 Å². The molecule has 0 aliphatic rings. The van der Waals surface area contributed by atoms with E-state index in [9.17, 15) is 0 Å². The zero-order valence-corrected chi connectivity index (χ0v) is 34.7. The Hall–Kier alpha value is -8.60. The number of furan rings is 2. The molecule has 3 aromatic heterocycles. The Morgan fingerprint density at radius 3 is 1.59 bits per heavy atom. The van der Waals surface area contributed by atoms with Crippen LogP contribution in [0.15, 0.2) is 239 Å². The van der Waals surface area contributed by atoms with E-state index in [0.717, 1.165) is 105 Å². The first-order valence-corrected chi connectivity index (χ1v) is 21.8.